The number of benzene rings is 2. The zero-order valence-electron chi connectivity index (χ0n) is 18.9. The van der Waals surface area contributed by atoms with Crippen molar-refractivity contribution in [1.82, 2.24) is 9.55 Å². The average Bonchev–Trinajstić information content (AvgIpc) is 3.40. The van der Waals surface area contributed by atoms with Crippen molar-refractivity contribution in [3.8, 4) is 17.1 Å². The molecule has 2 aromatic carbocycles. The molecule has 4 heterocycles. The monoisotopic (exact) mass is 454 g/mol. The summed E-state index contributed by atoms with van der Waals surface area (Å²) in [6.45, 7) is 8.69. The van der Waals surface area contributed by atoms with Crippen LogP contribution in [0.4, 0.5) is 0 Å². The second-order valence-electron chi connectivity index (χ2n) is 8.64. The first-order chi connectivity index (χ1) is 15.4. The Bertz CT molecular complexity index is 1660. The number of pyridine rings is 1. The minimum absolute atomic E-state index is 1.07. The number of aryl methyl sites for hydroxylation is 5. The van der Waals surface area contributed by atoms with Crippen molar-refractivity contribution in [1.29, 1.82) is 0 Å². The number of thiophene rings is 2. The first-order valence-electron chi connectivity index (χ1n) is 10.8. The third-order valence-electron chi connectivity index (χ3n) is 6.37. The van der Waals surface area contributed by atoms with Crippen molar-refractivity contribution in [2.45, 2.75) is 27.7 Å². The predicted octanol–water partition coefficient (Wildman–Crippen LogP) is 7.18. The first-order valence-corrected chi connectivity index (χ1v) is 12.4. The van der Waals surface area contributed by atoms with E-state index in [1.807, 2.05) is 22.7 Å². The maximum atomic E-state index is 4.79. The number of para-hydroxylation sites is 1. The van der Waals surface area contributed by atoms with Crippen LogP contribution in [-0.4, -0.2) is 9.55 Å². The van der Waals surface area contributed by atoms with Gasteiger partial charge in [0.05, 0.1) is 26.7 Å². The molecule has 0 spiro atoms. The van der Waals surface area contributed by atoms with E-state index in [9.17, 15) is 0 Å². The van der Waals surface area contributed by atoms with E-state index >= 15 is 0 Å². The summed E-state index contributed by atoms with van der Waals surface area (Å²) in [5, 5.41) is 2.61. The van der Waals surface area contributed by atoms with Crippen LogP contribution < -0.4 is 4.57 Å². The Hall–Kier alpha value is -3.02. The second-order valence-corrected chi connectivity index (χ2v) is 10.7. The van der Waals surface area contributed by atoms with Gasteiger partial charge in [-0.05, 0) is 56.5 Å². The van der Waals surface area contributed by atoms with Crippen LogP contribution in [0, 0.1) is 27.7 Å². The second kappa shape index (κ2) is 6.99. The maximum Gasteiger partial charge on any atom is 0.295 e. The molecule has 0 N–H and O–H groups in total. The summed E-state index contributed by atoms with van der Waals surface area (Å²) >= 11 is 3.73. The summed E-state index contributed by atoms with van der Waals surface area (Å²) in [6, 6.07) is 15.5. The van der Waals surface area contributed by atoms with Crippen LogP contribution in [0.25, 0.3) is 46.8 Å². The lowest BCUT2D eigenvalue weighted by Gasteiger charge is -2.11. The molecule has 0 amide bonds. The highest BCUT2D eigenvalue weighted by atomic mass is 32.1. The Morgan fingerprint density at radius 1 is 0.781 bits per heavy atom. The van der Waals surface area contributed by atoms with Gasteiger partial charge in [0, 0.05) is 16.5 Å². The lowest BCUT2D eigenvalue weighted by atomic mass is 10.0. The van der Waals surface area contributed by atoms with Crippen molar-refractivity contribution in [3.05, 3.63) is 77.2 Å². The topological polar surface area (TPSA) is 21.7 Å². The van der Waals surface area contributed by atoms with Crippen LogP contribution in [0.5, 0.6) is 0 Å². The summed E-state index contributed by atoms with van der Waals surface area (Å²) < 4.78 is 8.68. The number of hydrogen-bond acceptors (Lipinski definition) is 3. The smallest absolute Gasteiger partial charge is 0.242 e. The predicted molar refractivity (Wildman–Crippen MR) is 137 cm³/mol. The third kappa shape index (κ3) is 2.71. The SMILES string of the molecule is Cc1ccc2c(n1)sc1c3ccc(C)c(-c4n(-c5c(C)cccc5C)cc[n+]4C)c3sc21. The van der Waals surface area contributed by atoms with Crippen LogP contribution in [0.2, 0.25) is 0 Å². The molecule has 6 aromatic rings. The van der Waals surface area contributed by atoms with E-state index in [2.05, 4.69) is 98.7 Å². The molecule has 3 nitrogen and oxygen atoms in total. The van der Waals surface area contributed by atoms with Crippen LogP contribution in [0.1, 0.15) is 22.4 Å². The molecular weight excluding hydrogens is 430 g/mol. The molecule has 0 aliphatic carbocycles. The normalized spacial score (nSPS) is 11.9. The molecule has 0 saturated heterocycles. The zero-order valence-corrected chi connectivity index (χ0v) is 20.5. The van der Waals surface area contributed by atoms with E-state index in [4.69, 9.17) is 4.98 Å². The van der Waals surface area contributed by atoms with Gasteiger partial charge in [-0.2, -0.15) is 4.57 Å². The minimum atomic E-state index is 1.07. The van der Waals surface area contributed by atoms with Crippen LogP contribution in [0.3, 0.4) is 0 Å². The van der Waals surface area contributed by atoms with Gasteiger partial charge in [-0.15, -0.1) is 22.7 Å². The quantitative estimate of drug-likeness (QED) is 0.254. The highest BCUT2D eigenvalue weighted by Crippen LogP contribution is 2.47. The van der Waals surface area contributed by atoms with E-state index in [-0.39, 0.29) is 0 Å². The van der Waals surface area contributed by atoms with E-state index in [0.29, 0.717) is 0 Å². The van der Waals surface area contributed by atoms with E-state index in [1.165, 1.54) is 58.6 Å². The van der Waals surface area contributed by atoms with Crippen molar-refractivity contribution in [2.75, 3.05) is 0 Å². The van der Waals surface area contributed by atoms with Crippen molar-refractivity contribution < 1.29 is 4.57 Å². The molecule has 32 heavy (non-hydrogen) atoms. The van der Waals surface area contributed by atoms with Crippen LogP contribution in [0.15, 0.2) is 54.9 Å². The van der Waals surface area contributed by atoms with E-state index < -0.39 is 0 Å². The van der Waals surface area contributed by atoms with Crippen molar-refractivity contribution in [2.24, 2.45) is 7.05 Å². The number of fused-ring (bicyclic) bond motifs is 5. The molecule has 158 valence electrons. The number of aromatic nitrogens is 3. The molecule has 4 aromatic heterocycles. The number of imidazole rings is 1. The Morgan fingerprint density at radius 3 is 2.28 bits per heavy atom. The first kappa shape index (κ1) is 19.6. The van der Waals surface area contributed by atoms with Crippen LogP contribution in [-0.2, 0) is 7.05 Å². The Labute approximate surface area is 195 Å². The molecule has 5 heteroatoms. The van der Waals surface area contributed by atoms with Gasteiger partial charge < -0.3 is 0 Å². The van der Waals surface area contributed by atoms with Crippen molar-refractivity contribution >= 4 is 52.4 Å². The number of hydrogen-bond donors (Lipinski definition) is 0. The van der Waals surface area contributed by atoms with Crippen LogP contribution >= 0.6 is 22.7 Å². The summed E-state index contributed by atoms with van der Waals surface area (Å²) in [5.41, 5.74) is 7.53. The molecule has 6 rings (SSSR count). The van der Waals surface area contributed by atoms with Gasteiger partial charge in [0.15, 0.2) is 0 Å². The minimum Gasteiger partial charge on any atom is -0.242 e. The van der Waals surface area contributed by atoms with Crippen molar-refractivity contribution in [3.63, 3.8) is 0 Å². The van der Waals surface area contributed by atoms with E-state index in [0.717, 1.165) is 10.5 Å². The third-order valence-corrected chi connectivity index (χ3v) is 8.89. The lowest BCUT2D eigenvalue weighted by Crippen LogP contribution is -2.29. The van der Waals surface area contributed by atoms with Gasteiger partial charge in [-0.25, -0.2) is 9.55 Å². The van der Waals surface area contributed by atoms with Gasteiger partial charge in [-0.1, -0.05) is 30.3 Å². The summed E-state index contributed by atoms with van der Waals surface area (Å²) in [7, 11) is 2.15. The van der Waals surface area contributed by atoms with Gasteiger partial charge in [0.1, 0.15) is 22.9 Å². The summed E-state index contributed by atoms with van der Waals surface area (Å²) in [4.78, 5) is 5.92. The van der Waals surface area contributed by atoms with E-state index in [1.54, 1.807) is 0 Å². The molecular formula is C27H24N3S2+. The largest absolute Gasteiger partial charge is 0.295 e. The van der Waals surface area contributed by atoms with Gasteiger partial charge in [0.25, 0.3) is 5.82 Å². The summed E-state index contributed by atoms with van der Waals surface area (Å²) in [6.07, 6.45) is 4.36. The number of nitrogens with zero attached hydrogens (tertiary/aromatic N) is 3. The Morgan fingerprint density at radius 2 is 1.50 bits per heavy atom. The maximum absolute atomic E-state index is 4.79. The zero-order chi connectivity index (χ0) is 22.1. The highest BCUT2D eigenvalue weighted by Gasteiger charge is 2.27. The molecule has 0 aliphatic heterocycles. The molecule has 0 unspecified atom stereocenters. The molecule has 0 fully saturated rings. The fraction of sp³-hybridized carbons (Fsp3) is 0.185. The van der Waals surface area contributed by atoms with Gasteiger partial charge >= 0.3 is 0 Å². The highest BCUT2D eigenvalue weighted by molar-refractivity contribution is 7.36. The lowest BCUT2D eigenvalue weighted by molar-refractivity contribution is -0.659. The molecule has 0 aliphatic rings. The molecule has 0 bridgehead atoms. The standard InChI is InChI=1S/C27H24N3S2/c1-15-9-11-19-23(31-25-20-12-10-18(4)28-26(20)32-24(19)25)21(15)27-29(5)13-14-30(27)22-16(2)7-6-8-17(22)3/h6-14H,1-5H3/q+1. The average molecular weight is 455 g/mol. The molecule has 0 radical (unpaired) electrons. The fourth-order valence-electron chi connectivity index (χ4n) is 4.81. The molecule has 0 saturated carbocycles. The van der Waals surface area contributed by atoms with Gasteiger partial charge in [-0.3, -0.25) is 0 Å². The Kier molecular flexibility index (Phi) is 4.29. The Balaban J connectivity index is 1.71. The van der Waals surface area contributed by atoms with Gasteiger partial charge in [0.2, 0.25) is 0 Å². The summed E-state index contributed by atoms with van der Waals surface area (Å²) in [5.74, 6) is 1.22. The molecule has 0 atom stereocenters. The number of rotatable bonds is 2. The fourth-order valence-corrected chi connectivity index (χ4v) is 7.65.